The Kier molecular flexibility index (Phi) is 3.41. The van der Waals surface area contributed by atoms with Crippen LogP contribution in [0.4, 0.5) is 0 Å². The molecule has 3 nitrogen and oxygen atoms in total. The van der Waals surface area contributed by atoms with E-state index in [1.807, 2.05) is 6.07 Å². The summed E-state index contributed by atoms with van der Waals surface area (Å²) in [5.41, 5.74) is 6.59. The lowest BCUT2D eigenvalue weighted by atomic mass is 9.83. The van der Waals surface area contributed by atoms with E-state index < -0.39 is 0 Å². The zero-order chi connectivity index (χ0) is 10.7. The van der Waals surface area contributed by atoms with Gasteiger partial charge in [0.15, 0.2) is 0 Å². The molecular weight excluding hydrogens is 186 g/mol. The number of rotatable bonds is 3. The van der Waals surface area contributed by atoms with E-state index in [1.54, 1.807) is 0 Å². The second-order valence-electron chi connectivity index (χ2n) is 4.51. The lowest BCUT2D eigenvalue weighted by Crippen LogP contribution is -2.23. The van der Waals surface area contributed by atoms with Crippen molar-refractivity contribution in [1.82, 2.24) is 9.78 Å². The standard InChI is InChI=1S/C12H21N3/c1-2-10-5-3-4-6-12(10)15-8-7-11(9-13)14-15/h7-8,10,12H,2-6,9,13H2,1H3. The quantitative estimate of drug-likeness (QED) is 0.827. The Morgan fingerprint density at radius 3 is 2.93 bits per heavy atom. The smallest absolute Gasteiger partial charge is 0.0760 e. The van der Waals surface area contributed by atoms with Crippen LogP contribution in [0.15, 0.2) is 12.3 Å². The highest BCUT2D eigenvalue weighted by atomic mass is 15.3. The maximum atomic E-state index is 5.58. The van der Waals surface area contributed by atoms with Gasteiger partial charge in [0.25, 0.3) is 0 Å². The van der Waals surface area contributed by atoms with Crippen molar-refractivity contribution < 1.29 is 0 Å². The number of hydrogen-bond donors (Lipinski definition) is 1. The van der Waals surface area contributed by atoms with Crippen molar-refractivity contribution in [2.24, 2.45) is 11.7 Å². The first kappa shape index (κ1) is 10.7. The minimum Gasteiger partial charge on any atom is -0.325 e. The van der Waals surface area contributed by atoms with Crippen LogP contribution in [0.25, 0.3) is 0 Å². The van der Waals surface area contributed by atoms with Gasteiger partial charge in [0, 0.05) is 12.7 Å². The summed E-state index contributed by atoms with van der Waals surface area (Å²) in [6.07, 6.45) is 8.74. The molecule has 1 fully saturated rings. The second-order valence-corrected chi connectivity index (χ2v) is 4.51. The summed E-state index contributed by atoms with van der Waals surface area (Å²) in [5, 5.41) is 4.54. The van der Waals surface area contributed by atoms with Crippen LogP contribution >= 0.6 is 0 Å². The maximum Gasteiger partial charge on any atom is 0.0760 e. The Bertz CT molecular complexity index is 306. The van der Waals surface area contributed by atoms with Crippen molar-refractivity contribution in [2.45, 2.75) is 51.6 Å². The van der Waals surface area contributed by atoms with Crippen LogP contribution in [0.3, 0.4) is 0 Å². The van der Waals surface area contributed by atoms with Gasteiger partial charge in [0.2, 0.25) is 0 Å². The monoisotopic (exact) mass is 207 g/mol. The number of aromatic nitrogens is 2. The maximum absolute atomic E-state index is 5.58. The topological polar surface area (TPSA) is 43.8 Å². The minimum atomic E-state index is 0.552. The SMILES string of the molecule is CCC1CCCCC1n1ccc(CN)n1. The van der Waals surface area contributed by atoms with Crippen LogP contribution < -0.4 is 5.73 Å². The summed E-state index contributed by atoms with van der Waals surface area (Å²) < 4.78 is 2.15. The summed E-state index contributed by atoms with van der Waals surface area (Å²) in [6, 6.07) is 2.66. The first-order chi connectivity index (χ1) is 7.35. The van der Waals surface area contributed by atoms with Crippen LogP contribution in [0.2, 0.25) is 0 Å². The van der Waals surface area contributed by atoms with Crippen LogP contribution in [0.5, 0.6) is 0 Å². The summed E-state index contributed by atoms with van der Waals surface area (Å²) in [5.74, 6) is 0.810. The average Bonchev–Trinajstić information content (AvgIpc) is 2.77. The molecule has 1 aromatic heterocycles. The van der Waals surface area contributed by atoms with Crippen LogP contribution in [0, 0.1) is 5.92 Å². The van der Waals surface area contributed by atoms with E-state index in [0.717, 1.165) is 11.6 Å². The molecule has 0 radical (unpaired) electrons. The van der Waals surface area contributed by atoms with Crippen molar-refractivity contribution in [3.63, 3.8) is 0 Å². The zero-order valence-corrected chi connectivity index (χ0v) is 9.52. The van der Waals surface area contributed by atoms with E-state index in [1.165, 1.54) is 32.1 Å². The van der Waals surface area contributed by atoms with Gasteiger partial charge in [-0.3, -0.25) is 4.68 Å². The molecule has 2 N–H and O–H groups in total. The third kappa shape index (κ3) is 2.23. The fourth-order valence-electron chi connectivity index (χ4n) is 2.68. The number of nitrogens with zero attached hydrogens (tertiary/aromatic N) is 2. The van der Waals surface area contributed by atoms with Crippen LogP contribution in [0.1, 0.15) is 50.8 Å². The van der Waals surface area contributed by atoms with Gasteiger partial charge in [-0.2, -0.15) is 5.10 Å². The molecule has 2 unspecified atom stereocenters. The Morgan fingerprint density at radius 1 is 1.47 bits per heavy atom. The van der Waals surface area contributed by atoms with E-state index in [0.29, 0.717) is 12.6 Å². The first-order valence-corrected chi connectivity index (χ1v) is 6.09. The van der Waals surface area contributed by atoms with Gasteiger partial charge in [0.1, 0.15) is 0 Å². The molecule has 1 heterocycles. The molecule has 1 aliphatic carbocycles. The predicted octanol–water partition coefficient (Wildman–Crippen LogP) is 2.48. The number of nitrogens with two attached hydrogens (primary N) is 1. The Balaban J connectivity index is 2.12. The molecule has 15 heavy (non-hydrogen) atoms. The molecule has 0 aliphatic heterocycles. The molecule has 2 rings (SSSR count). The van der Waals surface area contributed by atoms with Gasteiger partial charge in [-0.1, -0.05) is 26.2 Å². The highest BCUT2D eigenvalue weighted by molar-refractivity contribution is 4.99. The van der Waals surface area contributed by atoms with E-state index in [9.17, 15) is 0 Å². The van der Waals surface area contributed by atoms with Crippen molar-refractivity contribution in [3.05, 3.63) is 18.0 Å². The average molecular weight is 207 g/mol. The molecule has 1 saturated carbocycles. The number of hydrogen-bond acceptors (Lipinski definition) is 2. The molecule has 1 aromatic rings. The van der Waals surface area contributed by atoms with E-state index in [-0.39, 0.29) is 0 Å². The van der Waals surface area contributed by atoms with Gasteiger partial charge in [-0.05, 0) is 24.8 Å². The molecule has 2 atom stereocenters. The van der Waals surface area contributed by atoms with Crippen molar-refractivity contribution in [3.8, 4) is 0 Å². The normalized spacial score (nSPS) is 26.8. The van der Waals surface area contributed by atoms with Gasteiger partial charge in [-0.15, -0.1) is 0 Å². The van der Waals surface area contributed by atoms with E-state index in [4.69, 9.17) is 5.73 Å². The molecule has 3 heteroatoms. The third-order valence-corrected chi connectivity index (χ3v) is 3.61. The predicted molar refractivity (Wildman–Crippen MR) is 61.4 cm³/mol. The van der Waals surface area contributed by atoms with Crippen LogP contribution in [-0.4, -0.2) is 9.78 Å². The summed E-state index contributed by atoms with van der Waals surface area (Å²) in [4.78, 5) is 0. The molecular formula is C12H21N3. The molecule has 0 spiro atoms. The van der Waals surface area contributed by atoms with Crippen molar-refractivity contribution in [2.75, 3.05) is 0 Å². The Hall–Kier alpha value is -0.830. The lowest BCUT2D eigenvalue weighted by molar-refractivity contribution is 0.217. The Labute approximate surface area is 91.7 Å². The van der Waals surface area contributed by atoms with E-state index in [2.05, 4.69) is 22.9 Å². The molecule has 0 amide bonds. The Morgan fingerprint density at radius 2 is 2.27 bits per heavy atom. The zero-order valence-electron chi connectivity index (χ0n) is 9.52. The molecule has 1 aliphatic rings. The lowest BCUT2D eigenvalue weighted by Gasteiger charge is -2.31. The largest absolute Gasteiger partial charge is 0.325 e. The highest BCUT2D eigenvalue weighted by Gasteiger charge is 2.25. The van der Waals surface area contributed by atoms with Crippen LogP contribution in [-0.2, 0) is 6.54 Å². The third-order valence-electron chi connectivity index (χ3n) is 3.61. The fourth-order valence-corrected chi connectivity index (χ4v) is 2.68. The van der Waals surface area contributed by atoms with Gasteiger partial charge < -0.3 is 5.73 Å². The summed E-state index contributed by atoms with van der Waals surface area (Å²) >= 11 is 0. The summed E-state index contributed by atoms with van der Waals surface area (Å²) in [6.45, 7) is 2.84. The van der Waals surface area contributed by atoms with Crippen molar-refractivity contribution in [1.29, 1.82) is 0 Å². The van der Waals surface area contributed by atoms with Gasteiger partial charge in [-0.25, -0.2) is 0 Å². The fraction of sp³-hybridized carbons (Fsp3) is 0.750. The van der Waals surface area contributed by atoms with Gasteiger partial charge in [0.05, 0.1) is 11.7 Å². The molecule has 84 valence electrons. The second kappa shape index (κ2) is 4.79. The van der Waals surface area contributed by atoms with E-state index >= 15 is 0 Å². The molecule has 0 bridgehead atoms. The van der Waals surface area contributed by atoms with Crippen molar-refractivity contribution >= 4 is 0 Å². The summed E-state index contributed by atoms with van der Waals surface area (Å²) in [7, 11) is 0. The highest BCUT2D eigenvalue weighted by Crippen LogP contribution is 2.35. The first-order valence-electron chi connectivity index (χ1n) is 6.09. The van der Waals surface area contributed by atoms with Gasteiger partial charge >= 0.3 is 0 Å². The molecule has 0 aromatic carbocycles. The minimum absolute atomic E-state index is 0.552. The molecule has 0 saturated heterocycles.